The molecule has 0 aromatic heterocycles. The number of anilines is 3. The summed E-state index contributed by atoms with van der Waals surface area (Å²) in [4.78, 5) is 165. The molecule has 15 rings (SSSR count). The monoisotopic (exact) mass is 2010 g/mol. The van der Waals surface area contributed by atoms with E-state index in [9.17, 15) is 47.9 Å². The molecular weight excluding hydrogens is 1870 g/mol. The summed E-state index contributed by atoms with van der Waals surface area (Å²) in [5, 5.41) is 7.96. The molecule has 6 heterocycles. The van der Waals surface area contributed by atoms with Crippen LogP contribution in [0.3, 0.4) is 0 Å². The van der Waals surface area contributed by atoms with Crippen molar-refractivity contribution < 1.29 is 75.5 Å². The molecule has 6 aliphatic heterocycles. The molecule has 0 spiro atoms. The number of likely N-dealkylation sites (tertiary alicyclic amines) is 2. The number of β-lactam (4-membered cyclic amide) rings is 3. The number of carbonyl (C=O) groups is 11. The molecule has 0 bridgehead atoms. The molecule has 6 saturated heterocycles. The van der Waals surface area contributed by atoms with E-state index < -0.39 is 86.8 Å². The SMILES string of the molecule is C=CCOC(=O)C(N1C(=O)[C@H]([C@@H](C)O[Si](C)(C)C(C)(C)C)[C@H]1CC(=O)c1ccc(N2CCN(C)C2=O)cc1)=P(c1ccccc1)(c1ccccc1)c1ccccc1.C=CCOC(=O)C(N1C(=O)[C@H]([C@@H](C)O[Si](C)(C)C)[C@H]1CC(=O)c1ccc(N2CCN(C)C2=O)cc1)=P(c1ccccc1)(c1ccccc1)c1ccccc1.C[C@@H](O[Si](C)(C)C(C)(C)C)[C@H]1C(=O)N[C@@H]1CC(=O)c1ccc(N2CCN(C)C2=O)cc1. The third-order valence-electron chi connectivity index (χ3n) is 28.6. The highest BCUT2D eigenvalue weighted by Crippen LogP contribution is 2.54. The van der Waals surface area contributed by atoms with Gasteiger partial charge in [0.1, 0.15) is 24.0 Å². The summed E-state index contributed by atoms with van der Waals surface area (Å²) in [6, 6.07) is 78.1. The summed E-state index contributed by atoms with van der Waals surface area (Å²) in [7, 11) is -1.22. The summed E-state index contributed by atoms with van der Waals surface area (Å²) < 4.78 is 31.7. The zero-order valence-electron chi connectivity index (χ0n) is 85.3. The average Bonchev–Trinajstić information content (AvgIpc) is 0.729. The number of benzene rings is 9. The lowest BCUT2D eigenvalue weighted by molar-refractivity contribution is -0.156. The fourth-order valence-electron chi connectivity index (χ4n) is 19.2. The number of likely N-dealkylation sites (N-methyl/N-ethyl adjacent to an activating group) is 3. The molecule has 748 valence electrons. The van der Waals surface area contributed by atoms with Crippen LogP contribution in [0.4, 0.5) is 31.4 Å². The number of rotatable bonds is 35. The first kappa shape index (κ1) is 107. The number of urea groups is 3. The minimum absolute atomic E-state index is 0.0223. The van der Waals surface area contributed by atoms with Gasteiger partial charge in [0.2, 0.25) is 17.7 Å². The molecule has 0 radical (unpaired) electrons. The number of nitrogens with one attached hydrogen (secondary N) is 1. The molecule has 9 aromatic rings. The Bertz CT molecular complexity index is 6040. The van der Waals surface area contributed by atoms with Crippen molar-refractivity contribution >= 4 is 164 Å². The van der Waals surface area contributed by atoms with Crippen LogP contribution in [0.15, 0.2) is 280 Å². The number of amides is 9. The number of carbonyl (C=O) groups excluding carboxylic acids is 11. The van der Waals surface area contributed by atoms with E-state index in [-0.39, 0.29) is 125 Å². The Morgan fingerprint density at radius 3 is 0.859 bits per heavy atom. The van der Waals surface area contributed by atoms with E-state index in [2.05, 4.69) is 106 Å². The maximum atomic E-state index is 15.2. The van der Waals surface area contributed by atoms with Gasteiger partial charge in [0.05, 0.1) is 54.2 Å². The number of hydrogen-bond acceptors (Lipinski definition) is 16. The van der Waals surface area contributed by atoms with Gasteiger partial charge in [-0.05, 0) is 181 Å². The van der Waals surface area contributed by atoms with Crippen LogP contribution in [0.5, 0.6) is 0 Å². The molecule has 6 fully saturated rings. The van der Waals surface area contributed by atoms with Crippen LogP contribution in [0.25, 0.3) is 0 Å². The molecule has 30 heteroatoms. The Morgan fingerprint density at radius 2 is 0.627 bits per heavy atom. The van der Waals surface area contributed by atoms with Crippen LogP contribution < -0.4 is 51.8 Å². The number of esters is 2. The summed E-state index contributed by atoms with van der Waals surface area (Å²) in [6.07, 6.45) is 1.85. The van der Waals surface area contributed by atoms with Crippen molar-refractivity contribution in [2.24, 2.45) is 17.8 Å². The normalized spacial score (nSPS) is 19.0. The van der Waals surface area contributed by atoms with Crippen LogP contribution in [-0.4, -0.2) is 235 Å². The van der Waals surface area contributed by atoms with Crippen molar-refractivity contribution in [2.75, 3.05) is 88.3 Å². The number of nitrogens with zero attached hydrogens (tertiary/aromatic N) is 8. The molecule has 0 saturated carbocycles. The second kappa shape index (κ2) is 44.7. The zero-order chi connectivity index (χ0) is 103. The molecule has 142 heavy (non-hydrogen) atoms. The maximum Gasteiger partial charge on any atom is 0.356 e. The third-order valence-corrected chi connectivity index (χ3v) is 47.3. The van der Waals surface area contributed by atoms with E-state index >= 15 is 4.79 Å². The number of Topliss-reactive ketones (excluding diaryl/α,β-unsaturated/α-hetero) is 3. The molecule has 9 aromatic carbocycles. The van der Waals surface area contributed by atoms with Gasteiger partial charge in [-0.1, -0.05) is 249 Å². The van der Waals surface area contributed by atoms with Gasteiger partial charge in [-0.2, -0.15) is 0 Å². The molecule has 0 unspecified atom stereocenters. The topological polar surface area (TPSA) is 272 Å². The van der Waals surface area contributed by atoms with E-state index in [4.69, 9.17) is 22.8 Å². The van der Waals surface area contributed by atoms with Gasteiger partial charge in [-0.3, -0.25) is 43.5 Å². The summed E-state index contributed by atoms with van der Waals surface area (Å²) in [5.74, 6) is -4.04. The first-order chi connectivity index (χ1) is 67.3. The van der Waals surface area contributed by atoms with E-state index in [0.29, 0.717) is 67.3 Å². The van der Waals surface area contributed by atoms with Crippen molar-refractivity contribution in [3.63, 3.8) is 0 Å². The smallest absolute Gasteiger partial charge is 0.356 e. The van der Waals surface area contributed by atoms with E-state index in [0.717, 1.165) is 37.5 Å². The van der Waals surface area contributed by atoms with Crippen LogP contribution in [-0.2, 0) is 46.7 Å². The Hall–Kier alpha value is -12.2. The largest absolute Gasteiger partial charge is 0.457 e. The van der Waals surface area contributed by atoms with Gasteiger partial charge in [-0.15, -0.1) is 0 Å². The third kappa shape index (κ3) is 22.5. The Labute approximate surface area is 840 Å². The van der Waals surface area contributed by atoms with Gasteiger partial charge in [-0.25, -0.2) is 24.0 Å². The van der Waals surface area contributed by atoms with Crippen molar-refractivity contribution in [1.82, 2.24) is 29.8 Å². The van der Waals surface area contributed by atoms with Crippen molar-refractivity contribution in [1.29, 1.82) is 0 Å². The molecule has 25 nitrogen and oxygen atoms in total. The number of hydrogen-bond donors (Lipinski definition) is 1. The standard InChI is InChI=1S/C46H54N3O6PSi.C43H48N3O6PSi.C23H35N3O4Si/c1-9-31-54-44(52)43(56(36-19-13-10-14-20-36,37-21-15-11-16-22-37)38-23-17-12-18-24-38)49-39(41(42(49)51)33(2)55-57(7,8)46(3,4)5)32-40(50)34-25-27-35(28-26-34)48-30-29-47(6)45(48)53;1-7-29-51-42(49)41(53(34-17-11-8-12-18-34,35-19-13-9-14-20-35)36-21-15-10-16-22-36)46-37(39(40(46)48)31(2)52-54(4,5)6)30-38(47)32-23-25-33(26-24-32)45-28-27-44(3)43(45)50;1-15(30-31(6,7)23(2,3)4)20-18(24-21(20)28)14-19(27)16-8-10-17(11-9-16)26-13-12-25(5)22(26)29/h9-28,33,39,41H,1,29-32H2,2-8H3;7-26,31,37,39H,1,27-30H2,2-6H3;8-11,15,18,20H,12-14H2,1-7H3,(H,24,28)/t33-,39-,41-;31-,37-,39-;15-,18-,20-/m111/s1. The van der Waals surface area contributed by atoms with Crippen LogP contribution in [0, 0.1) is 17.8 Å². The number of ketones is 3. The van der Waals surface area contributed by atoms with Gasteiger partial charge < -0.3 is 52.6 Å². The van der Waals surface area contributed by atoms with Crippen molar-refractivity contribution in [3.05, 3.63) is 297 Å². The highest BCUT2D eigenvalue weighted by molar-refractivity contribution is 7.97. The van der Waals surface area contributed by atoms with E-state index in [1.54, 1.807) is 121 Å². The Kier molecular flexibility index (Phi) is 33.7. The van der Waals surface area contributed by atoms with Gasteiger partial charge in [0, 0.05) is 127 Å². The minimum Gasteiger partial charge on any atom is -0.457 e. The minimum atomic E-state index is -3.20. The molecule has 9 amide bonds. The molecular formula is C112H137N9O16P2Si3. The molecule has 6 aliphatic rings. The first-order valence-corrected chi connectivity index (χ1v) is 61.5. The lowest BCUT2D eigenvalue weighted by Crippen LogP contribution is -2.69. The molecule has 9 atom stereocenters. The Balaban J connectivity index is 0.000000187. The summed E-state index contributed by atoms with van der Waals surface area (Å²) in [5.41, 5.74) is 4.10. The number of ether oxygens (including phenoxy) is 2. The molecule has 0 aliphatic carbocycles. The van der Waals surface area contributed by atoms with Gasteiger partial charge in [0.25, 0.3) is 0 Å². The van der Waals surface area contributed by atoms with Gasteiger partial charge >= 0.3 is 30.0 Å². The fourth-order valence-corrected chi connectivity index (χ4v) is 32.1. The molecule has 1 N–H and O–H groups in total. The predicted octanol–water partition coefficient (Wildman–Crippen LogP) is 16.9. The van der Waals surface area contributed by atoms with Crippen LogP contribution >= 0.6 is 13.8 Å². The maximum absolute atomic E-state index is 15.2. The van der Waals surface area contributed by atoms with Gasteiger partial charge in [0.15, 0.2) is 42.3 Å². The predicted molar refractivity (Wildman–Crippen MR) is 578 cm³/mol. The second-order valence-corrected chi connectivity index (χ2v) is 61.8. The lowest BCUT2D eigenvalue weighted by Gasteiger charge is -2.53. The lowest BCUT2D eigenvalue weighted by atomic mass is 9.79. The summed E-state index contributed by atoms with van der Waals surface area (Å²) >= 11 is 0. The Morgan fingerprint density at radius 1 is 0.373 bits per heavy atom. The highest BCUT2D eigenvalue weighted by Gasteiger charge is 2.60. The quantitative estimate of drug-likeness (QED) is 0.00965. The first-order valence-electron chi connectivity index (χ1n) is 48.7. The second-order valence-electron chi connectivity index (χ2n) is 41.2. The van der Waals surface area contributed by atoms with E-state index in [1.165, 1.54) is 12.2 Å². The van der Waals surface area contributed by atoms with Crippen LogP contribution in [0.2, 0.25) is 55.9 Å². The van der Waals surface area contributed by atoms with Crippen LogP contribution in [0.1, 0.15) is 113 Å². The van der Waals surface area contributed by atoms with E-state index in [1.807, 2.05) is 215 Å². The highest BCUT2D eigenvalue weighted by atomic mass is 31.2. The average molecular weight is 2010 g/mol. The zero-order valence-corrected chi connectivity index (χ0v) is 90.1. The summed E-state index contributed by atoms with van der Waals surface area (Å²) in [6.45, 7) is 38.3. The fraction of sp³-hybridized carbons (Fsp3) is 0.366. The van der Waals surface area contributed by atoms with Crippen molar-refractivity contribution in [3.8, 4) is 0 Å². The van der Waals surface area contributed by atoms with Crippen molar-refractivity contribution in [2.45, 2.75) is 174 Å².